The molecule has 0 aliphatic carbocycles. The third kappa shape index (κ3) is 4.89. The highest BCUT2D eigenvalue weighted by Gasteiger charge is 2.20. The lowest BCUT2D eigenvalue weighted by Gasteiger charge is -2.31. The molecule has 0 bridgehead atoms. The fourth-order valence-electron chi connectivity index (χ4n) is 3.57. The van der Waals surface area contributed by atoms with E-state index in [-0.39, 0.29) is 0 Å². The first-order chi connectivity index (χ1) is 13.2. The number of aromatic nitrogens is 5. The Hall–Kier alpha value is -2.80. The van der Waals surface area contributed by atoms with Gasteiger partial charge in [0.1, 0.15) is 18.0 Å². The van der Waals surface area contributed by atoms with Crippen LogP contribution in [0, 0.1) is 5.92 Å². The van der Waals surface area contributed by atoms with Crippen molar-refractivity contribution in [3.63, 3.8) is 0 Å². The molecule has 0 saturated carbocycles. The fraction of sp³-hybridized carbons (Fsp3) is 0.400. The van der Waals surface area contributed by atoms with Crippen LogP contribution in [0.3, 0.4) is 0 Å². The summed E-state index contributed by atoms with van der Waals surface area (Å²) in [5.41, 5.74) is 2.24. The Kier molecular flexibility index (Phi) is 5.39. The lowest BCUT2D eigenvalue weighted by Crippen LogP contribution is -2.34. The van der Waals surface area contributed by atoms with Crippen molar-refractivity contribution in [3.05, 3.63) is 60.7 Å². The van der Waals surface area contributed by atoms with Crippen LogP contribution in [0.1, 0.15) is 24.2 Å². The summed E-state index contributed by atoms with van der Waals surface area (Å²) in [6.45, 7) is 3.18. The highest BCUT2D eigenvalue weighted by Crippen LogP contribution is 2.23. The van der Waals surface area contributed by atoms with Gasteiger partial charge in [-0.2, -0.15) is 0 Å². The van der Waals surface area contributed by atoms with E-state index < -0.39 is 0 Å². The van der Waals surface area contributed by atoms with Crippen molar-refractivity contribution < 1.29 is 0 Å². The molecule has 0 spiro atoms. The molecule has 1 fully saturated rings. The average molecular weight is 363 g/mol. The number of aryl methyl sites for hydroxylation is 1. The number of likely N-dealkylation sites (tertiary alicyclic amines) is 1. The van der Waals surface area contributed by atoms with Gasteiger partial charge in [-0.05, 0) is 50.4 Å². The van der Waals surface area contributed by atoms with Gasteiger partial charge in [0.25, 0.3) is 0 Å². The van der Waals surface area contributed by atoms with Gasteiger partial charge in [0.05, 0.1) is 12.0 Å². The Morgan fingerprint density at radius 2 is 1.93 bits per heavy atom. The topological polar surface area (TPSA) is 71.8 Å². The van der Waals surface area contributed by atoms with Crippen LogP contribution in [0.2, 0.25) is 0 Å². The van der Waals surface area contributed by atoms with E-state index in [0.29, 0.717) is 5.92 Å². The second-order valence-electron chi connectivity index (χ2n) is 7.19. The number of hydrogen-bond acceptors (Lipinski definition) is 6. The zero-order valence-electron chi connectivity index (χ0n) is 15.6. The van der Waals surface area contributed by atoms with E-state index in [1.807, 2.05) is 42.2 Å². The van der Waals surface area contributed by atoms with Crippen LogP contribution in [0.4, 0.5) is 11.6 Å². The second kappa shape index (κ2) is 8.26. The van der Waals surface area contributed by atoms with E-state index >= 15 is 0 Å². The molecule has 7 heteroatoms. The van der Waals surface area contributed by atoms with E-state index in [0.717, 1.165) is 49.1 Å². The van der Waals surface area contributed by atoms with Crippen molar-refractivity contribution in [3.8, 4) is 0 Å². The van der Waals surface area contributed by atoms with Crippen LogP contribution in [-0.4, -0.2) is 42.5 Å². The first-order valence-corrected chi connectivity index (χ1v) is 9.43. The predicted octanol–water partition coefficient (Wildman–Crippen LogP) is 2.80. The standard InChI is InChI=1S/C20H25N7/c1-26-12-18(24-15-26)13-27-8-5-16(6-9-27)10-17-11-20(23-14-22-17)25-19-4-2-3-7-21-19/h2-4,7,11-12,14-16H,5-6,8-10,13H2,1H3,(H,21,22,23,25). The number of pyridine rings is 1. The minimum Gasteiger partial charge on any atom is -0.340 e. The molecular weight excluding hydrogens is 338 g/mol. The van der Waals surface area contributed by atoms with E-state index in [4.69, 9.17) is 0 Å². The number of nitrogens with zero attached hydrogens (tertiary/aromatic N) is 6. The van der Waals surface area contributed by atoms with E-state index in [1.54, 1.807) is 12.5 Å². The Balaban J connectivity index is 1.29. The van der Waals surface area contributed by atoms with Crippen LogP contribution in [0.15, 0.2) is 49.3 Å². The number of anilines is 2. The summed E-state index contributed by atoms with van der Waals surface area (Å²) in [4.78, 5) is 20.0. The van der Waals surface area contributed by atoms with Crippen LogP contribution < -0.4 is 5.32 Å². The molecule has 4 heterocycles. The van der Waals surface area contributed by atoms with Crippen molar-refractivity contribution in [1.82, 2.24) is 29.4 Å². The highest BCUT2D eigenvalue weighted by atomic mass is 15.1. The lowest BCUT2D eigenvalue weighted by molar-refractivity contribution is 0.175. The minimum absolute atomic E-state index is 0.669. The molecular formula is C20H25N7. The van der Waals surface area contributed by atoms with E-state index in [9.17, 15) is 0 Å². The molecule has 0 radical (unpaired) electrons. The van der Waals surface area contributed by atoms with Gasteiger partial charge in [0, 0.05) is 37.7 Å². The maximum Gasteiger partial charge on any atom is 0.135 e. The van der Waals surface area contributed by atoms with Gasteiger partial charge in [-0.15, -0.1) is 0 Å². The Morgan fingerprint density at radius 1 is 1.04 bits per heavy atom. The summed E-state index contributed by atoms with van der Waals surface area (Å²) in [7, 11) is 2.02. The largest absolute Gasteiger partial charge is 0.340 e. The van der Waals surface area contributed by atoms with Gasteiger partial charge in [-0.1, -0.05) is 6.07 Å². The smallest absolute Gasteiger partial charge is 0.135 e. The van der Waals surface area contributed by atoms with Crippen molar-refractivity contribution >= 4 is 11.6 Å². The average Bonchev–Trinajstić information content (AvgIpc) is 3.09. The molecule has 0 aromatic carbocycles. The number of nitrogens with one attached hydrogen (secondary N) is 1. The van der Waals surface area contributed by atoms with Gasteiger partial charge >= 0.3 is 0 Å². The third-order valence-electron chi connectivity index (χ3n) is 4.99. The quantitative estimate of drug-likeness (QED) is 0.726. The van der Waals surface area contributed by atoms with Crippen molar-refractivity contribution in [1.29, 1.82) is 0 Å². The SMILES string of the molecule is Cn1cnc(CN2CCC(Cc3cc(Nc4ccccn4)ncn3)CC2)c1. The first kappa shape index (κ1) is 17.6. The molecule has 4 rings (SSSR count). The molecule has 140 valence electrons. The zero-order chi connectivity index (χ0) is 18.5. The van der Waals surface area contributed by atoms with Gasteiger partial charge in [-0.25, -0.2) is 19.9 Å². The maximum absolute atomic E-state index is 4.47. The Labute approximate surface area is 159 Å². The van der Waals surface area contributed by atoms with Gasteiger partial charge in [0.2, 0.25) is 0 Å². The number of hydrogen-bond donors (Lipinski definition) is 1. The monoisotopic (exact) mass is 363 g/mol. The summed E-state index contributed by atoms with van der Waals surface area (Å²) < 4.78 is 2.01. The number of rotatable bonds is 6. The molecule has 3 aromatic rings. The molecule has 1 saturated heterocycles. The molecule has 1 aliphatic heterocycles. The molecule has 7 nitrogen and oxygen atoms in total. The van der Waals surface area contributed by atoms with Crippen LogP contribution in [-0.2, 0) is 20.0 Å². The van der Waals surface area contributed by atoms with Gasteiger partial charge < -0.3 is 9.88 Å². The van der Waals surface area contributed by atoms with E-state index in [2.05, 4.69) is 36.3 Å². The molecule has 0 atom stereocenters. The fourth-order valence-corrected chi connectivity index (χ4v) is 3.57. The van der Waals surface area contributed by atoms with Crippen molar-refractivity contribution in [2.45, 2.75) is 25.8 Å². The molecule has 1 aliphatic rings. The third-order valence-corrected chi connectivity index (χ3v) is 4.99. The van der Waals surface area contributed by atoms with Gasteiger partial charge in [-0.3, -0.25) is 4.90 Å². The normalized spacial score (nSPS) is 15.7. The second-order valence-corrected chi connectivity index (χ2v) is 7.19. The summed E-state index contributed by atoms with van der Waals surface area (Å²) in [5.74, 6) is 2.26. The molecule has 1 N–H and O–H groups in total. The van der Waals surface area contributed by atoms with Crippen molar-refractivity contribution in [2.75, 3.05) is 18.4 Å². The van der Waals surface area contributed by atoms with Gasteiger partial charge in [0.15, 0.2) is 0 Å². The van der Waals surface area contributed by atoms with Crippen LogP contribution in [0.25, 0.3) is 0 Å². The zero-order valence-corrected chi connectivity index (χ0v) is 15.6. The lowest BCUT2D eigenvalue weighted by atomic mass is 9.92. The van der Waals surface area contributed by atoms with Crippen molar-refractivity contribution in [2.24, 2.45) is 13.0 Å². The molecule has 3 aromatic heterocycles. The molecule has 0 amide bonds. The predicted molar refractivity (Wildman–Crippen MR) is 104 cm³/mol. The summed E-state index contributed by atoms with van der Waals surface area (Å²) in [5, 5.41) is 3.24. The Bertz CT molecular complexity index is 854. The maximum atomic E-state index is 4.47. The first-order valence-electron chi connectivity index (χ1n) is 9.43. The summed E-state index contributed by atoms with van der Waals surface area (Å²) in [6.07, 6.45) is 10.8. The number of piperidine rings is 1. The molecule has 27 heavy (non-hydrogen) atoms. The minimum atomic E-state index is 0.669. The molecule has 0 unspecified atom stereocenters. The Morgan fingerprint density at radius 3 is 2.67 bits per heavy atom. The summed E-state index contributed by atoms with van der Waals surface area (Å²) in [6, 6.07) is 7.82. The number of imidazole rings is 1. The van der Waals surface area contributed by atoms with E-state index in [1.165, 1.54) is 12.8 Å². The highest BCUT2D eigenvalue weighted by molar-refractivity contribution is 5.50. The van der Waals surface area contributed by atoms with Crippen LogP contribution in [0.5, 0.6) is 0 Å². The van der Waals surface area contributed by atoms with Crippen LogP contribution >= 0.6 is 0 Å². The summed E-state index contributed by atoms with van der Waals surface area (Å²) >= 11 is 0.